The second-order valence-electron chi connectivity index (χ2n) is 6.00. The molecule has 19 heavy (non-hydrogen) atoms. The van der Waals surface area contributed by atoms with Crippen molar-refractivity contribution in [2.24, 2.45) is 5.73 Å². The van der Waals surface area contributed by atoms with E-state index in [0.717, 1.165) is 13.0 Å². The number of hydrogen-bond acceptors (Lipinski definition) is 3. The van der Waals surface area contributed by atoms with Gasteiger partial charge in [0, 0.05) is 23.4 Å². The predicted molar refractivity (Wildman–Crippen MR) is 83.4 cm³/mol. The lowest BCUT2D eigenvalue weighted by Gasteiger charge is -2.29. The number of rotatable bonds is 4. The fourth-order valence-electron chi connectivity index (χ4n) is 3.65. The molecular weight excluding hydrogens is 252 g/mol. The molecule has 104 valence electrons. The molecule has 2 atom stereocenters. The second-order valence-corrected chi connectivity index (χ2v) is 7.27. The highest BCUT2D eigenvalue weighted by molar-refractivity contribution is 8.00. The summed E-state index contributed by atoms with van der Waals surface area (Å²) in [5.74, 6) is 0. The van der Waals surface area contributed by atoms with E-state index in [1.165, 1.54) is 36.8 Å². The molecule has 2 aliphatic carbocycles. The lowest BCUT2D eigenvalue weighted by atomic mass is 10.0. The predicted octanol–water partition coefficient (Wildman–Crippen LogP) is 3.40. The molecule has 0 saturated heterocycles. The zero-order valence-corrected chi connectivity index (χ0v) is 12.5. The standard InChI is InChI=1S/C16H24N2S/c1-19-16(8-4-5-9-16)11-18-15-10-14(17)12-6-2-3-7-13(12)15/h2-3,6-7,14-15,18H,4-5,8-11,17H2,1H3. The van der Waals surface area contributed by atoms with Gasteiger partial charge in [0.1, 0.15) is 0 Å². The number of nitrogens with two attached hydrogens (primary N) is 1. The van der Waals surface area contributed by atoms with Crippen LogP contribution < -0.4 is 11.1 Å². The number of hydrogen-bond donors (Lipinski definition) is 2. The van der Waals surface area contributed by atoms with E-state index in [4.69, 9.17) is 5.73 Å². The largest absolute Gasteiger partial charge is 0.324 e. The van der Waals surface area contributed by atoms with Crippen LogP contribution in [0.3, 0.4) is 0 Å². The molecule has 1 aromatic carbocycles. The first-order chi connectivity index (χ1) is 9.24. The van der Waals surface area contributed by atoms with Crippen LogP contribution in [0.5, 0.6) is 0 Å². The highest BCUT2D eigenvalue weighted by Crippen LogP contribution is 2.42. The zero-order chi connectivity index (χ0) is 13.3. The van der Waals surface area contributed by atoms with Crippen molar-refractivity contribution in [2.75, 3.05) is 12.8 Å². The fraction of sp³-hybridized carbons (Fsp3) is 0.625. The molecule has 1 aromatic rings. The van der Waals surface area contributed by atoms with Crippen LogP contribution in [-0.4, -0.2) is 17.5 Å². The van der Waals surface area contributed by atoms with Crippen LogP contribution in [0.1, 0.15) is 55.3 Å². The lowest BCUT2D eigenvalue weighted by molar-refractivity contribution is 0.450. The molecule has 0 bridgehead atoms. The minimum Gasteiger partial charge on any atom is -0.324 e. The van der Waals surface area contributed by atoms with Gasteiger partial charge in [0.15, 0.2) is 0 Å². The summed E-state index contributed by atoms with van der Waals surface area (Å²) in [6, 6.07) is 9.31. The van der Waals surface area contributed by atoms with E-state index >= 15 is 0 Å². The summed E-state index contributed by atoms with van der Waals surface area (Å²) in [4.78, 5) is 0. The smallest absolute Gasteiger partial charge is 0.0342 e. The summed E-state index contributed by atoms with van der Waals surface area (Å²) in [6.45, 7) is 1.12. The maximum atomic E-state index is 6.24. The lowest BCUT2D eigenvalue weighted by Crippen LogP contribution is -2.36. The van der Waals surface area contributed by atoms with E-state index in [2.05, 4.69) is 47.6 Å². The van der Waals surface area contributed by atoms with E-state index < -0.39 is 0 Å². The third-order valence-corrected chi connectivity index (χ3v) is 6.30. The molecule has 1 fully saturated rings. The van der Waals surface area contributed by atoms with E-state index in [0.29, 0.717) is 10.8 Å². The molecule has 3 rings (SSSR count). The Bertz CT molecular complexity index is 440. The molecule has 3 N–H and O–H groups in total. The zero-order valence-electron chi connectivity index (χ0n) is 11.7. The third kappa shape index (κ3) is 2.56. The van der Waals surface area contributed by atoms with Crippen molar-refractivity contribution in [1.29, 1.82) is 0 Å². The maximum Gasteiger partial charge on any atom is 0.0342 e. The van der Waals surface area contributed by atoms with Gasteiger partial charge < -0.3 is 11.1 Å². The van der Waals surface area contributed by atoms with Crippen molar-refractivity contribution in [3.05, 3.63) is 35.4 Å². The Morgan fingerprint density at radius 2 is 1.95 bits per heavy atom. The summed E-state index contributed by atoms with van der Waals surface area (Å²) >= 11 is 2.05. The van der Waals surface area contributed by atoms with Crippen LogP contribution >= 0.6 is 11.8 Å². The monoisotopic (exact) mass is 276 g/mol. The Labute approximate surface area is 120 Å². The first-order valence-corrected chi connectivity index (χ1v) is 8.59. The quantitative estimate of drug-likeness (QED) is 0.885. The van der Waals surface area contributed by atoms with Crippen molar-refractivity contribution in [2.45, 2.75) is 48.9 Å². The second kappa shape index (κ2) is 5.47. The van der Waals surface area contributed by atoms with Crippen LogP contribution in [0.25, 0.3) is 0 Å². The van der Waals surface area contributed by atoms with Crippen LogP contribution in [0.15, 0.2) is 24.3 Å². The van der Waals surface area contributed by atoms with E-state index in [9.17, 15) is 0 Å². The van der Waals surface area contributed by atoms with Crippen molar-refractivity contribution >= 4 is 11.8 Å². The molecule has 0 aromatic heterocycles. The molecule has 0 amide bonds. The van der Waals surface area contributed by atoms with E-state index in [-0.39, 0.29) is 6.04 Å². The molecule has 0 heterocycles. The summed E-state index contributed by atoms with van der Waals surface area (Å²) < 4.78 is 0.474. The van der Waals surface area contributed by atoms with Gasteiger partial charge in [-0.1, -0.05) is 37.1 Å². The molecule has 0 radical (unpaired) electrons. The highest BCUT2D eigenvalue weighted by Gasteiger charge is 2.35. The Balaban J connectivity index is 1.68. The van der Waals surface area contributed by atoms with Gasteiger partial charge in [-0.15, -0.1) is 0 Å². The van der Waals surface area contributed by atoms with Gasteiger partial charge in [0.2, 0.25) is 0 Å². The van der Waals surface area contributed by atoms with Crippen LogP contribution in [0.2, 0.25) is 0 Å². The van der Waals surface area contributed by atoms with Crippen LogP contribution in [-0.2, 0) is 0 Å². The topological polar surface area (TPSA) is 38.0 Å². The highest BCUT2D eigenvalue weighted by atomic mass is 32.2. The van der Waals surface area contributed by atoms with E-state index in [1.54, 1.807) is 0 Å². The SMILES string of the molecule is CSC1(CNC2CC(N)c3ccccc32)CCCC1. The fourth-order valence-corrected chi connectivity index (χ4v) is 4.57. The van der Waals surface area contributed by atoms with Gasteiger partial charge in [-0.05, 0) is 36.6 Å². The molecule has 2 aliphatic rings. The number of benzene rings is 1. The van der Waals surface area contributed by atoms with Gasteiger partial charge in [0.05, 0.1) is 0 Å². The van der Waals surface area contributed by atoms with Crippen LogP contribution in [0, 0.1) is 0 Å². The molecule has 0 aliphatic heterocycles. The summed E-state index contributed by atoms with van der Waals surface area (Å²) in [5.41, 5.74) is 9.00. The van der Waals surface area contributed by atoms with Gasteiger partial charge in [-0.2, -0.15) is 11.8 Å². The average molecular weight is 276 g/mol. The maximum absolute atomic E-state index is 6.24. The first-order valence-electron chi connectivity index (χ1n) is 7.37. The van der Waals surface area contributed by atoms with Crippen LogP contribution in [0.4, 0.5) is 0 Å². The number of fused-ring (bicyclic) bond motifs is 1. The Morgan fingerprint density at radius 1 is 1.26 bits per heavy atom. The molecule has 3 heteroatoms. The normalized spacial score (nSPS) is 28.5. The molecule has 2 nitrogen and oxygen atoms in total. The van der Waals surface area contributed by atoms with Gasteiger partial charge in [0.25, 0.3) is 0 Å². The number of nitrogens with one attached hydrogen (secondary N) is 1. The van der Waals surface area contributed by atoms with Crippen molar-refractivity contribution < 1.29 is 0 Å². The van der Waals surface area contributed by atoms with Crippen molar-refractivity contribution in [1.82, 2.24) is 5.32 Å². The van der Waals surface area contributed by atoms with Gasteiger partial charge in [-0.25, -0.2) is 0 Å². The van der Waals surface area contributed by atoms with Gasteiger partial charge >= 0.3 is 0 Å². The van der Waals surface area contributed by atoms with E-state index in [1.807, 2.05) is 0 Å². The Kier molecular flexibility index (Phi) is 3.88. The molecule has 1 saturated carbocycles. The molecular formula is C16H24N2S. The summed E-state index contributed by atoms with van der Waals surface area (Å²) in [7, 11) is 0. The molecule has 0 spiro atoms. The summed E-state index contributed by atoms with van der Waals surface area (Å²) in [5, 5.41) is 3.80. The third-order valence-electron chi connectivity index (χ3n) is 4.88. The first kappa shape index (κ1) is 13.5. The van der Waals surface area contributed by atoms with Crippen molar-refractivity contribution in [3.63, 3.8) is 0 Å². The summed E-state index contributed by atoms with van der Waals surface area (Å²) in [6.07, 6.45) is 8.82. The Morgan fingerprint density at radius 3 is 2.63 bits per heavy atom. The number of thioether (sulfide) groups is 1. The Hall–Kier alpha value is -0.510. The minimum atomic E-state index is 0.211. The minimum absolute atomic E-state index is 0.211. The average Bonchev–Trinajstić information content (AvgIpc) is 3.03. The van der Waals surface area contributed by atoms with Crippen molar-refractivity contribution in [3.8, 4) is 0 Å². The molecule has 2 unspecified atom stereocenters. The van der Waals surface area contributed by atoms with Gasteiger partial charge in [-0.3, -0.25) is 0 Å².